The first-order chi connectivity index (χ1) is 15.0. The molecule has 1 N–H and O–H groups in total. The first-order valence-electron chi connectivity index (χ1n) is 10.8. The van der Waals surface area contributed by atoms with Crippen molar-refractivity contribution in [2.45, 2.75) is 33.2 Å². The summed E-state index contributed by atoms with van der Waals surface area (Å²) in [5.41, 5.74) is 0.775. The molecule has 0 spiro atoms. The number of aliphatic hydroxyl groups is 1. The molecule has 1 aliphatic heterocycles. The Labute approximate surface area is 182 Å². The van der Waals surface area contributed by atoms with Crippen molar-refractivity contribution in [1.29, 1.82) is 0 Å². The molecule has 0 radical (unpaired) electrons. The second-order valence-corrected chi connectivity index (χ2v) is 7.41. The largest absolute Gasteiger partial charge is 0.503 e. The first-order valence-corrected chi connectivity index (χ1v) is 10.8. The average molecular weight is 427 g/mol. The molecule has 1 amide bonds. The lowest BCUT2D eigenvalue weighted by Crippen LogP contribution is -2.38. The van der Waals surface area contributed by atoms with Crippen LogP contribution in [0.5, 0.6) is 5.75 Å². The molecule has 2 aromatic rings. The summed E-state index contributed by atoms with van der Waals surface area (Å²) in [6, 6.07) is 9.76. The van der Waals surface area contributed by atoms with Gasteiger partial charge in [0.05, 0.1) is 24.5 Å². The number of carbonyl (C=O) groups is 2. The summed E-state index contributed by atoms with van der Waals surface area (Å²) in [5.74, 6) is -0.738. The minimum absolute atomic E-state index is 0.0433. The molecule has 1 aliphatic rings. The highest BCUT2D eigenvalue weighted by Crippen LogP contribution is 2.39. The summed E-state index contributed by atoms with van der Waals surface area (Å²) in [6.07, 6.45) is 2.30. The third-order valence-electron chi connectivity index (χ3n) is 5.51. The lowest BCUT2D eigenvalue weighted by Gasteiger charge is -2.29. The van der Waals surface area contributed by atoms with Crippen LogP contribution in [-0.2, 0) is 4.79 Å². The van der Waals surface area contributed by atoms with E-state index < -0.39 is 23.5 Å². The number of hydrogen-bond acceptors (Lipinski definition) is 6. The third kappa shape index (κ3) is 4.82. The molecular formula is C24H30N2O5. The van der Waals surface area contributed by atoms with Crippen LogP contribution < -0.4 is 4.74 Å². The SMILES string of the molecule is CCCOc1ccc([C@H]2C(C(=O)c3ccco3)=C(O)C(=O)N2CCN(CC)CC)cc1. The van der Waals surface area contributed by atoms with Crippen molar-refractivity contribution in [1.82, 2.24) is 9.80 Å². The second kappa shape index (κ2) is 10.3. The van der Waals surface area contributed by atoms with Crippen LogP contribution in [0.15, 0.2) is 58.4 Å². The van der Waals surface area contributed by atoms with Gasteiger partial charge in [-0.1, -0.05) is 32.9 Å². The molecule has 1 aromatic heterocycles. The van der Waals surface area contributed by atoms with Gasteiger partial charge in [0.25, 0.3) is 5.91 Å². The Morgan fingerprint density at radius 1 is 1.16 bits per heavy atom. The molecule has 7 nitrogen and oxygen atoms in total. The van der Waals surface area contributed by atoms with Crippen LogP contribution in [0.25, 0.3) is 0 Å². The van der Waals surface area contributed by atoms with Crippen molar-refractivity contribution in [2.24, 2.45) is 0 Å². The summed E-state index contributed by atoms with van der Waals surface area (Å²) in [4.78, 5) is 29.8. The molecule has 0 unspecified atom stereocenters. The van der Waals surface area contributed by atoms with Crippen molar-refractivity contribution in [2.75, 3.05) is 32.8 Å². The van der Waals surface area contributed by atoms with Gasteiger partial charge in [-0.2, -0.15) is 0 Å². The molecule has 1 atom stereocenters. The van der Waals surface area contributed by atoms with E-state index in [9.17, 15) is 14.7 Å². The Morgan fingerprint density at radius 2 is 1.87 bits per heavy atom. The molecule has 31 heavy (non-hydrogen) atoms. The summed E-state index contributed by atoms with van der Waals surface area (Å²) in [5, 5.41) is 10.7. The molecule has 0 bridgehead atoms. The monoisotopic (exact) mass is 426 g/mol. The number of nitrogens with zero attached hydrogens (tertiary/aromatic N) is 2. The smallest absolute Gasteiger partial charge is 0.290 e. The number of aliphatic hydroxyl groups excluding tert-OH is 1. The van der Waals surface area contributed by atoms with E-state index in [1.165, 1.54) is 12.3 Å². The van der Waals surface area contributed by atoms with E-state index in [0.29, 0.717) is 19.7 Å². The topological polar surface area (TPSA) is 83.2 Å². The van der Waals surface area contributed by atoms with Gasteiger partial charge in [-0.15, -0.1) is 0 Å². The number of hydrogen-bond donors (Lipinski definition) is 1. The van der Waals surface area contributed by atoms with Crippen molar-refractivity contribution >= 4 is 11.7 Å². The highest BCUT2D eigenvalue weighted by atomic mass is 16.5. The van der Waals surface area contributed by atoms with Crippen molar-refractivity contribution in [3.05, 3.63) is 65.3 Å². The molecule has 0 saturated carbocycles. The molecular weight excluding hydrogens is 396 g/mol. The van der Waals surface area contributed by atoms with Gasteiger partial charge < -0.3 is 24.1 Å². The number of amides is 1. The van der Waals surface area contributed by atoms with E-state index in [-0.39, 0.29) is 11.3 Å². The number of ether oxygens (including phenoxy) is 1. The molecule has 166 valence electrons. The normalized spacial score (nSPS) is 16.5. The maximum absolute atomic E-state index is 13.1. The lowest BCUT2D eigenvalue weighted by atomic mass is 9.95. The number of carbonyl (C=O) groups excluding carboxylic acids is 2. The van der Waals surface area contributed by atoms with Crippen LogP contribution in [0, 0.1) is 0 Å². The van der Waals surface area contributed by atoms with Gasteiger partial charge in [0.2, 0.25) is 5.78 Å². The number of likely N-dealkylation sites (N-methyl/N-ethyl adjacent to an activating group) is 1. The summed E-state index contributed by atoms with van der Waals surface area (Å²) in [6.45, 7) is 9.49. The predicted octanol–water partition coefficient (Wildman–Crippen LogP) is 3.99. The fourth-order valence-corrected chi connectivity index (χ4v) is 3.76. The van der Waals surface area contributed by atoms with Crippen LogP contribution in [0.3, 0.4) is 0 Å². The zero-order valence-corrected chi connectivity index (χ0v) is 18.3. The Bertz CT molecular complexity index is 914. The van der Waals surface area contributed by atoms with Gasteiger partial charge in [-0.25, -0.2) is 0 Å². The molecule has 0 aliphatic carbocycles. The van der Waals surface area contributed by atoms with Gasteiger partial charge in [0, 0.05) is 13.1 Å². The van der Waals surface area contributed by atoms with E-state index >= 15 is 0 Å². The quantitative estimate of drug-likeness (QED) is 0.547. The first kappa shape index (κ1) is 22.6. The summed E-state index contributed by atoms with van der Waals surface area (Å²) < 4.78 is 10.9. The minimum Gasteiger partial charge on any atom is -0.503 e. The number of furan rings is 1. The highest BCUT2D eigenvalue weighted by molar-refractivity contribution is 6.15. The van der Waals surface area contributed by atoms with Crippen LogP contribution in [0.1, 0.15) is 49.4 Å². The Balaban J connectivity index is 1.95. The number of benzene rings is 1. The maximum atomic E-state index is 13.1. The van der Waals surface area contributed by atoms with Crippen LogP contribution in [0.4, 0.5) is 0 Å². The Hall–Kier alpha value is -3.06. The van der Waals surface area contributed by atoms with E-state index in [1.807, 2.05) is 31.2 Å². The molecule has 7 heteroatoms. The minimum atomic E-state index is -0.694. The van der Waals surface area contributed by atoms with Crippen LogP contribution in [-0.4, -0.2) is 59.4 Å². The fourth-order valence-electron chi connectivity index (χ4n) is 3.76. The molecule has 1 aromatic carbocycles. The predicted molar refractivity (Wildman–Crippen MR) is 117 cm³/mol. The maximum Gasteiger partial charge on any atom is 0.290 e. The zero-order valence-electron chi connectivity index (χ0n) is 18.3. The van der Waals surface area contributed by atoms with E-state index in [0.717, 1.165) is 30.8 Å². The lowest BCUT2D eigenvalue weighted by molar-refractivity contribution is -0.129. The van der Waals surface area contributed by atoms with Crippen LogP contribution in [0.2, 0.25) is 0 Å². The van der Waals surface area contributed by atoms with Gasteiger partial charge in [0.1, 0.15) is 5.75 Å². The third-order valence-corrected chi connectivity index (χ3v) is 5.51. The summed E-state index contributed by atoms with van der Waals surface area (Å²) in [7, 11) is 0. The van der Waals surface area contributed by atoms with E-state index in [1.54, 1.807) is 11.0 Å². The Morgan fingerprint density at radius 3 is 2.45 bits per heavy atom. The molecule has 2 heterocycles. The number of rotatable bonds is 11. The summed E-state index contributed by atoms with van der Waals surface area (Å²) >= 11 is 0. The van der Waals surface area contributed by atoms with Crippen molar-refractivity contribution in [3.63, 3.8) is 0 Å². The van der Waals surface area contributed by atoms with E-state index in [4.69, 9.17) is 9.15 Å². The van der Waals surface area contributed by atoms with E-state index in [2.05, 4.69) is 18.7 Å². The van der Waals surface area contributed by atoms with Gasteiger partial charge >= 0.3 is 0 Å². The molecule has 3 rings (SSSR count). The molecule has 0 saturated heterocycles. The average Bonchev–Trinajstić information content (AvgIpc) is 3.41. The van der Waals surface area contributed by atoms with Gasteiger partial charge in [-0.05, 0) is 49.3 Å². The fraction of sp³-hybridized carbons (Fsp3) is 0.417. The van der Waals surface area contributed by atoms with Crippen molar-refractivity contribution in [3.8, 4) is 5.75 Å². The highest BCUT2D eigenvalue weighted by Gasteiger charge is 2.44. The number of ketones is 1. The van der Waals surface area contributed by atoms with Gasteiger partial charge in [0.15, 0.2) is 11.5 Å². The standard InChI is InChI=1S/C24H30N2O5/c1-4-15-30-18-11-9-17(10-12-18)21-20(22(27)19-8-7-16-31-19)23(28)24(29)26(21)14-13-25(5-2)6-3/h7-12,16,21,28H,4-6,13-15H2,1-3H3/t21-/m0/s1. The number of Topliss-reactive ketones (excluding diaryl/α,β-unsaturated/α-hetero) is 1. The molecule has 0 fully saturated rings. The zero-order chi connectivity index (χ0) is 22.4. The van der Waals surface area contributed by atoms with Crippen LogP contribution >= 0.6 is 0 Å². The second-order valence-electron chi connectivity index (χ2n) is 7.41. The Kier molecular flexibility index (Phi) is 7.52. The van der Waals surface area contributed by atoms with Gasteiger partial charge in [-0.3, -0.25) is 9.59 Å². The van der Waals surface area contributed by atoms with Crippen molar-refractivity contribution < 1.29 is 23.8 Å².